The second-order valence-corrected chi connectivity index (χ2v) is 20.0. The summed E-state index contributed by atoms with van der Waals surface area (Å²) in [5.41, 5.74) is 0. The van der Waals surface area contributed by atoms with Gasteiger partial charge in [-0.15, -0.1) is 0 Å². The predicted molar refractivity (Wildman–Crippen MR) is 270 cm³/mol. The molecule has 0 heterocycles. The molecule has 0 amide bonds. The van der Waals surface area contributed by atoms with Crippen molar-refractivity contribution in [3.05, 3.63) is 60.8 Å². The number of likely N-dealkylation sites (N-methyl/N-ethyl adjacent to an activating group) is 1. The zero-order chi connectivity index (χ0) is 46.2. The minimum absolute atomic E-state index is 0.0831. The number of allylic oxidation sites excluding steroid dienone is 10. The Morgan fingerprint density at radius 2 is 0.873 bits per heavy atom. The lowest BCUT2D eigenvalue weighted by atomic mass is 10.1. The molecule has 8 nitrogen and oxygen atoms in total. The summed E-state index contributed by atoms with van der Waals surface area (Å²) < 4.78 is 35.2. The molecule has 2 unspecified atom stereocenters. The van der Waals surface area contributed by atoms with E-state index in [9.17, 15) is 14.3 Å². The Bertz CT molecular complexity index is 1190. The highest BCUT2D eigenvalue weighted by molar-refractivity contribution is 7.47. The summed E-state index contributed by atoms with van der Waals surface area (Å²) in [6.07, 6.45) is 59.7. The molecular weight excluding hydrogens is 806 g/mol. The van der Waals surface area contributed by atoms with Gasteiger partial charge in [-0.3, -0.25) is 13.8 Å². The number of carbonyl (C=O) groups is 1. The molecule has 0 saturated heterocycles. The van der Waals surface area contributed by atoms with E-state index in [2.05, 4.69) is 74.6 Å². The van der Waals surface area contributed by atoms with Crippen LogP contribution in [0.2, 0.25) is 0 Å². The van der Waals surface area contributed by atoms with Gasteiger partial charge in [0, 0.05) is 13.0 Å². The van der Waals surface area contributed by atoms with E-state index >= 15 is 0 Å². The number of carbonyl (C=O) groups excluding carboxylic acids is 1. The molecule has 0 aliphatic heterocycles. The molecule has 2 atom stereocenters. The zero-order valence-corrected chi connectivity index (χ0v) is 42.7. The Kier molecular flexibility index (Phi) is 45.4. The van der Waals surface area contributed by atoms with Crippen molar-refractivity contribution in [3.8, 4) is 0 Å². The molecule has 0 spiro atoms. The van der Waals surface area contributed by atoms with Crippen molar-refractivity contribution in [1.29, 1.82) is 0 Å². The summed E-state index contributed by atoms with van der Waals surface area (Å²) in [5.74, 6) is -0.327. The maximum atomic E-state index is 12.8. The van der Waals surface area contributed by atoms with Crippen molar-refractivity contribution in [1.82, 2.24) is 0 Å². The van der Waals surface area contributed by atoms with Gasteiger partial charge in [-0.1, -0.05) is 190 Å². The lowest BCUT2D eigenvalue weighted by molar-refractivity contribution is -0.870. The highest BCUT2D eigenvalue weighted by Gasteiger charge is 2.26. The number of hydrogen-bond acceptors (Lipinski definition) is 6. The van der Waals surface area contributed by atoms with E-state index in [-0.39, 0.29) is 25.8 Å². The summed E-state index contributed by atoms with van der Waals surface area (Å²) >= 11 is 0. The van der Waals surface area contributed by atoms with Crippen LogP contribution in [0.15, 0.2) is 60.8 Å². The van der Waals surface area contributed by atoms with E-state index in [1.807, 2.05) is 21.1 Å². The Balaban J connectivity index is 4.17. The normalized spacial score (nSPS) is 14.1. The third-order valence-corrected chi connectivity index (χ3v) is 12.0. The van der Waals surface area contributed by atoms with Gasteiger partial charge in [0.05, 0.1) is 34.4 Å². The summed E-state index contributed by atoms with van der Waals surface area (Å²) in [6.45, 7) is 5.57. The standard InChI is InChI=1S/C54H100NO7P/c1-6-8-10-12-14-16-18-20-22-24-26-27-28-30-32-34-36-38-40-42-44-46-49-59-51-53(52-61-63(57,58)60-50-48-55(3,4)5)62-54(56)47-45-43-41-39-37-35-33-31-29-25-23-21-19-17-15-13-11-9-7-2/h15,17-18,20-21,23-24,26,29,31,53H,6-14,16,19,22,25,27-28,30,32-52H2,1-5H3/p+1/b17-15-,20-18-,23-21-,26-24-,31-29-. The monoisotopic (exact) mass is 907 g/mol. The fraction of sp³-hybridized carbons (Fsp3) is 0.796. The molecular formula is C54H101NO7P+. The van der Waals surface area contributed by atoms with Gasteiger partial charge < -0.3 is 18.9 Å². The SMILES string of the molecule is CCCCC/C=C\C/C=C\C/C=C\CCCCCCCCC(=O)OC(COCCCCCCCCCCCC/C=C\C/C=C\CCCCCCC)COP(=O)(O)OCC[N+](C)(C)C. The molecule has 0 aromatic heterocycles. The lowest BCUT2D eigenvalue weighted by Crippen LogP contribution is -2.37. The van der Waals surface area contributed by atoms with Crippen LogP contribution in [0.4, 0.5) is 0 Å². The van der Waals surface area contributed by atoms with Crippen molar-refractivity contribution >= 4 is 13.8 Å². The molecule has 0 radical (unpaired) electrons. The summed E-state index contributed by atoms with van der Waals surface area (Å²) in [7, 11) is 1.65. The molecule has 1 N–H and O–H groups in total. The van der Waals surface area contributed by atoms with Crippen LogP contribution in [0.25, 0.3) is 0 Å². The maximum absolute atomic E-state index is 12.8. The van der Waals surface area contributed by atoms with Crippen LogP contribution in [0, 0.1) is 0 Å². The van der Waals surface area contributed by atoms with Crippen LogP contribution in [-0.4, -0.2) is 75.6 Å². The number of nitrogens with zero attached hydrogens (tertiary/aromatic N) is 1. The van der Waals surface area contributed by atoms with Crippen LogP contribution < -0.4 is 0 Å². The molecule has 9 heteroatoms. The van der Waals surface area contributed by atoms with Gasteiger partial charge in [0.2, 0.25) is 0 Å². The Hall–Kier alpha value is -1.80. The van der Waals surface area contributed by atoms with Gasteiger partial charge in [0.15, 0.2) is 0 Å². The number of phosphoric ester groups is 1. The first kappa shape index (κ1) is 61.2. The minimum atomic E-state index is -4.29. The Morgan fingerprint density at radius 1 is 0.492 bits per heavy atom. The lowest BCUT2D eigenvalue weighted by Gasteiger charge is -2.24. The van der Waals surface area contributed by atoms with Gasteiger partial charge >= 0.3 is 13.8 Å². The first-order valence-electron chi connectivity index (χ1n) is 26.0. The minimum Gasteiger partial charge on any atom is -0.457 e. The van der Waals surface area contributed by atoms with Crippen molar-refractivity contribution in [2.45, 2.75) is 225 Å². The summed E-state index contributed by atoms with van der Waals surface area (Å²) in [5, 5.41) is 0. The van der Waals surface area contributed by atoms with E-state index in [4.69, 9.17) is 18.5 Å². The molecule has 0 saturated carbocycles. The van der Waals surface area contributed by atoms with Gasteiger partial charge in [-0.2, -0.15) is 0 Å². The second kappa shape index (κ2) is 46.7. The van der Waals surface area contributed by atoms with E-state index in [1.165, 1.54) is 135 Å². The van der Waals surface area contributed by atoms with E-state index < -0.39 is 13.9 Å². The topological polar surface area (TPSA) is 91.3 Å². The van der Waals surface area contributed by atoms with E-state index in [0.29, 0.717) is 24.1 Å². The number of esters is 1. The average molecular weight is 907 g/mol. The quantitative estimate of drug-likeness (QED) is 0.0214. The van der Waals surface area contributed by atoms with Gasteiger partial charge in [0.25, 0.3) is 0 Å². The first-order valence-corrected chi connectivity index (χ1v) is 27.5. The van der Waals surface area contributed by atoms with Crippen LogP contribution in [0.3, 0.4) is 0 Å². The Labute approximate surface area is 390 Å². The molecule has 0 aliphatic rings. The van der Waals surface area contributed by atoms with E-state index in [0.717, 1.165) is 64.2 Å². The molecule has 0 aromatic rings. The summed E-state index contributed by atoms with van der Waals surface area (Å²) in [4.78, 5) is 23.0. The largest absolute Gasteiger partial charge is 0.472 e. The third kappa shape index (κ3) is 51.1. The van der Waals surface area contributed by atoms with Crippen LogP contribution in [-0.2, 0) is 27.9 Å². The fourth-order valence-electron chi connectivity index (χ4n) is 7.00. The van der Waals surface area contributed by atoms with Crippen molar-refractivity contribution in [3.63, 3.8) is 0 Å². The van der Waals surface area contributed by atoms with Gasteiger partial charge in [0.1, 0.15) is 19.3 Å². The highest BCUT2D eigenvalue weighted by Crippen LogP contribution is 2.43. The number of hydrogen-bond donors (Lipinski definition) is 1. The molecule has 0 aliphatic carbocycles. The van der Waals surface area contributed by atoms with Crippen LogP contribution >= 0.6 is 7.82 Å². The molecule has 368 valence electrons. The number of unbranched alkanes of at least 4 members (excludes halogenated alkanes) is 24. The molecule has 0 rings (SSSR count). The molecule has 0 aromatic carbocycles. The number of phosphoric acid groups is 1. The third-order valence-electron chi connectivity index (χ3n) is 11.1. The highest BCUT2D eigenvalue weighted by atomic mass is 31.2. The fourth-order valence-corrected chi connectivity index (χ4v) is 7.74. The average Bonchev–Trinajstić information content (AvgIpc) is 3.24. The van der Waals surface area contributed by atoms with Crippen LogP contribution in [0.1, 0.15) is 219 Å². The van der Waals surface area contributed by atoms with Crippen LogP contribution in [0.5, 0.6) is 0 Å². The molecule has 63 heavy (non-hydrogen) atoms. The first-order chi connectivity index (χ1) is 30.6. The second-order valence-electron chi connectivity index (χ2n) is 18.5. The number of rotatable bonds is 48. The van der Waals surface area contributed by atoms with E-state index in [1.54, 1.807) is 0 Å². The smallest absolute Gasteiger partial charge is 0.457 e. The summed E-state index contributed by atoms with van der Waals surface area (Å²) in [6, 6.07) is 0. The zero-order valence-electron chi connectivity index (χ0n) is 41.8. The van der Waals surface area contributed by atoms with Gasteiger partial charge in [-0.05, 0) is 83.5 Å². The molecule has 0 fully saturated rings. The number of ether oxygens (including phenoxy) is 2. The predicted octanol–water partition coefficient (Wildman–Crippen LogP) is 16.1. The van der Waals surface area contributed by atoms with Gasteiger partial charge in [-0.25, -0.2) is 4.57 Å². The maximum Gasteiger partial charge on any atom is 0.472 e. The Morgan fingerprint density at radius 3 is 1.33 bits per heavy atom. The number of quaternary nitrogens is 1. The van der Waals surface area contributed by atoms with Crippen molar-refractivity contribution in [2.75, 3.05) is 54.1 Å². The van der Waals surface area contributed by atoms with Crippen molar-refractivity contribution in [2.24, 2.45) is 0 Å². The molecule has 0 bridgehead atoms. The van der Waals surface area contributed by atoms with Crippen molar-refractivity contribution < 1.29 is 37.3 Å².